The minimum absolute atomic E-state index is 0.351. The van der Waals surface area contributed by atoms with Gasteiger partial charge in [-0.3, -0.25) is 4.79 Å². The Morgan fingerprint density at radius 2 is 2.10 bits per heavy atom. The molecule has 0 amide bonds. The second-order valence-corrected chi connectivity index (χ2v) is 5.51. The van der Waals surface area contributed by atoms with Gasteiger partial charge in [-0.2, -0.15) is 0 Å². The van der Waals surface area contributed by atoms with Gasteiger partial charge in [0.1, 0.15) is 19.3 Å². The zero-order valence-electron chi connectivity index (χ0n) is 11.5. The largest absolute Gasteiger partial charge is 0.486 e. The van der Waals surface area contributed by atoms with Crippen molar-refractivity contribution in [1.29, 1.82) is 0 Å². The van der Waals surface area contributed by atoms with Crippen molar-refractivity contribution in [3.8, 4) is 11.5 Å². The van der Waals surface area contributed by atoms with Gasteiger partial charge in [0.25, 0.3) is 0 Å². The van der Waals surface area contributed by atoms with Crippen LogP contribution in [-0.4, -0.2) is 30.8 Å². The fourth-order valence-corrected chi connectivity index (χ4v) is 2.27. The van der Waals surface area contributed by atoms with E-state index in [4.69, 9.17) is 21.1 Å². The van der Waals surface area contributed by atoms with Crippen LogP contribution in [0.2, 0.25) is 5.02 Å². The van der Waals surface area contributed by atoms with Crippen LogP contribution in [0.3, 0.4) is 0 Å². The summed E-state index contributed by atoms with van der Waals surface area (Å²) in [5, 5.41) is 12.7. The molecule has 110 valence electrons. The zero-order chi connectivity index (χ0) is 14.7. The average molecular weight is 300 g/mol. The lowest BCUT2D eigenvalue weighted by atomic mass is 10.0. The predicted molar refractivity (Wildman–Crippen MR) is 75.7 cm³/mol. The number of fused-ring (bicyclic) bond motifs is 1. The normalized spacial score (nSPS) is 15.2. The Bertz CT molecular complexity index is 504. The molecule has 0 saturated carbocycles. The standard InChI is InChI=1S/C14H18ClNO4/c1-8(2)7-16-12(14(17)18)9-5-10(15)13-11(6-9)19-3-4-20-13/h5-6,8,12,16H,3-4,7H2,1-2H3,(H,17,18). The summed E-state index contributed by atoms with van der Waals surface area (Å²) in [5.41, 5.74) is 0.562. The fraction of sp³-hybridized carbons (Fsp3) is 0.500. The van der Waals surface area contributed by atoms with Gasteiger partial charge in [-0.05, 0) is 30.2 Å². The van der Waals surface area contributed by atoms with Crippen molar-refractivity contribution >= 4 is 17.6 Å². The van der Waals surface area contributed by atoms with Gasteiger partial charge in [-0.1, -0.05) is 25.4 Å². The van der Waals surface area contributed by atoms with Crippen LogP contribution in [0.1, 0.15) is 25.5 Å². The van der Waals surface area contributed by atoms with Crippen molar-refractivity contribution in [2.45, 2.75) is 19.9 Å². The van der Waals surface area contributed by atoms with Crippen LogP contribution in [-0.2, 0) is 4.79 Å². The lowest BCUT2D eigenvalue weighted by molar-refractivity contribution is -0.139. The van der Waals surface area contributed by atoms with Crippen LogP contribution < -0.4 is 14.8 Å². The first-order chi connectivity index (χ1) is 9.49. The molecule has 1 aliphatic heterocycles. The maximum absolute atomic E-state index is 11.4. The summed E-state index contributed by atoms with van der Waals surface area (Å²) >= 11 is 6.13. The van der Waals surface area contributed by atoms with Crippen molar-refractivity contribution in [1.82, 2.24) is 5.32 Å². The van der Waals surface area contributed by atoms with E-state index in [1.807, 2.05) is 13.8 Å². The summed E-state index contributed by atoms with van der Waals surface area (Å²) < 4.78 is 10.9. The van der Waals surface area contributed by atoms with Crippen molar-refractivity contribution in [3.63, 3.8) is 0 Å². The molecule has 0 fully saturated rings. The van der Waals surface area contributed by atoms with E-state index < -0.39 is 12.0 Å². The molecule has 0 saturated heterocycles. The molecule has 2 N–H and O–H groups in total. The van der Waals surface area contributed by atoms with E-state index in [-0.39, 0.29) is 0 Å². The lowest BCUT2D eigenvalue weighted by Gasteiger charge is -2.22. The Morgan fingerprint density at radius 1 is 1.40 bits per heavy atom. The Kier molecular flexibility index (Phi) is 4.73. The van der Waals surface area contributed by atoms with E-state index in [0.29, 0.717) is 47.8 Å². The number of carboxylic acids is 1. The average Bonchev–Trinajstić information content (AvgIpc) is 2.38. The fourth-order valence-electron chi connectivity index (χ4n) is 2.00. The van der Waals surface area contributed by atoms with Crippen LogP contribution in [0.5, 0.6) is 11.5 Å². The number of carboxylic acid groups (broad SMARTS) is 1. The molecule has 0 radical (unpaired) electrons. The summed E-state index contributed by atoms with van der Waals surface area (Å²) in [6, 6.07) is 2.47. The highest BCUT2D eigenvalue weighted by atomic mass is 35.5. The van der Waals surface area contributed by atoms with E-state index in [1.165, 1.54) is 0 Å². The first-order valence-corrected chi connectivity index (χ1v) is 6.92. The first-order valence-electron chi connectivity index (χ1n) is 6.54. The van der Waals surface area contributed by atoms with Crippen molar-refractivity contribution in [2.75, 3.05) is 19.8 Å². The summed E-state index contributed by atoms with van der Waals surface area (Å²) in [6.45, 7) is 5.51. The Hall–Kier alpha value is -1.46. The van der Waals surface area contributed by atoms with Gasteiger partial charge in [-0.15, -0.1) is 0 Å². The molecule has 6 heteroatoms. The number of carbonyl (C=O) groups is 1. The highest BCUT2D eigenvalue weighted by Crippen LogP contribution is 2.39. The molecule has 20 heavy (non-hydrogen) atoms. The van der Waals surface area contributed by atoms with E-state index in [1.54, 1.807) is 12.1 Å². The number of halogens is 1. The molecule has 0 bridgehead atoms. The number of benzene rings is 1. The summed E-state index contributed by atoms with van der Waals surface area (Å²) in [5.74, 6) is 0.383. The van der Waals surface area contributed by atoms with E-state index in [9.17, 15) is 9.90 Å². The molecular weight excluding hydrogens is 282 g/mol. The molecule has 1 aliphatic rings. The minimum Gasteiger partial charge on any atom is -0.486 e. The van der Waals surface area contributed by atoms with Gasteiger partial charge in [0.15, 0.2) is 11.5 Å². The predicted octanol–water partition coefficient (Wildman–Crippen LogP) is 2.48. The molecule has 2 rings (SSSR count). The molecule has 0 spiro atoms. The topological polar surface area (TPSA) is 67.8 Å². The lowest BCUT2D eigenvalue weighted by Crippen LogP contribution is -2.31. The second-order valence-electron chi connectivity index (χ2n) is 5.10. The smallest absolute Gasteiger partial charge is 0.325 e. The Labute approximate surface area is 122 Å². The first kappa shape index (κ1) is 14.9. The molecule has 1 heterocycles. The number of nitrogens with one attached hydrogen (secondary N) is 1. The maximum Gasteiger partial charge on any atom is 0.325 e. The number of rotatable bonds is 5. The highest BCUT2D eigenvalue weighted by molar-refractivity contribution is 6.32. The molecule has 0 aromatic heterocycles. The monoisotopic (exact) mass is 299 g/mol. The van der Waals surface area contributed by atoms with E-state index in [0.717, 1.165) is 0 Å². The van der Waals surface area contributed by atoms with Crippen molar-refractivity contribution in [3.05, 3.63) is 22.7 Å². The molecule has 1 aromatic carbocycles. The molecule has 5 nitrogen and oxygen atoms in total. The van der Waals surface area contributed by atoms with Crippen LogP contribution in [0.4, 0.5) is 0 Å². The quantitative estimate of drug-likeness (QED) is 0.874. The third-order valence-electron chi connectivity index (χ3n) is 2.93. The van der Waals surface area contributed by atoms with Crippen LogP contribution in [0, 0.1) is 5.92 Å². The van der Waals surface area contributed by atoms with Crippen molar-refractivity contribution in [2.24, 2.45) is 5.92 Å². The number of hydrogen-bond donors (Lipinski definition) is 2. The van der Waals surface area contributed by atoms with Gasteiger partial charge in [0.2, 0.25) is 0 Å². The summed E-state index contributed by atoms with van der Waals surface area (Å²) in [6.07, 6.45) is 0. The molecule has 1 atom stereocenters. The highest BCUT2D eigenvalue weighted by Gasteiger charge is 2.24. The minimum atomic E-state index is -0.946. The van der Waals surface area contributed by atoms with Gasteiger partial charge in [-0.25, -0.2) is 0 Å². The Morgan fingerprint density at radius 3 is 2.75 bits per heavy atom. The third-order valence-corrected chi connectivity index (χ3v) is 3.21. The number of aliphatic carboxylic acids is 1. The molecule has 0 aliphatic carbocycles. The van der Waals surface area contributed by atoms with Crippen molar-refractivity contribution < 1.29 is 19.4 Å². The van der Waals surface area contributed by atoms with Crippen LogP contribution >= 0.6 is 11.6 Å². The SMILES string of the molecule is CC(C)CNC(C(=O)O)c1cc(Cl)c2c(c1)OCCO2. The van der Waals surface area contributed by atoms with Gasteiger partial charge in [0.05, 0.1) is 5.02 Å². The van der Waals surface area contributed by atoms with E-state index >= 15 is 0 Å². The third kappa shape index (κ3) is 3.35. The molecule has 1 aromatic rings. The van der Waals surface area contributed by atoms with Gasteiger partial charge < -0.3 is 19.9 Å². The molecule has 1 unspecified atom stereocenters. The van der Waals surface area contributed by atoms with E-state index in [2.05, 4.69) is 5.32 Å². The Balaban J connectivity index is 2.29. The molecular formula is C14H18ClNO4. The number of ether oxygens (including phenoxy) is 2. The zero-order valence-corrected chi connectivity index (χ0v) is 12.2. The van der Waals surface area contributed by atoms with Crippen LogP contribution in [0.15, 0.2) is 12.1 Å². The summed E-state index contributed by atoms with van der Waals surface area (Å²) in [4.78, 5) is 11.4. The maximum atomic E-state index is 11.4. The van der Waals surface area contributed by atoms with Crippen LogP contribution in [0.25, 0.3) is 0 Å². The summed E-state index contributed by atoms with van der Waals surface area (Å²) in [7, 11) is 0. The van der Waals surface area contributed by atoms with Gasteiger partial charge in [0, 0.05) is 0 Å². The second kappa shape index (κ2) is 6.33. The van der Waals surface area contributed by atoms with Gasteiger partial charge >= 0.3 is 5.97 Å². The number of hydrogen-bond acceptors (Lipinski definition) is 4.